The van der Waals surface area contributed by atoms with Crippen molar-refractivity contribution in [3.63, 3.8) is 0 Å². The lowest BCUT2D eigenvalue weighted by Gasteiger charge is -1.94. The fraction of sp³-hybridized carbons (Fsp3) is 0.273. The number of aryl methyl sites for hydroxylation is 1. The predicted molar refractivity (Wildman–Crippen MR) is 60.5 cm³/mol. The summed E-state index contributed by atoms with van der Waals surface area (Å²) in [6, 6.07) is 7.69. The van der Waals surface area contributed by atoms with Gasteiger partial charge in [-0.25, -0.2) is 4.68 Å². The number of halogens is 1. The number of rotatable bonds is 2. The van der Waals surface area contributed by atoms with E-state index in [2.05, 4.69) is 5.10 Å². The maximum Gasteiger partial charge on any atom is 0.244 e. The van der Waals surface area contributed by atoms with Gasteiger partial charge in [0.2, 0.25) is 5.91 Å². The standard InChI is InChI=1S/C11H11ClN2O/c1-8(15)14-11-5-3-2-4-9(11)10(13-14)6-7-12/h2-5H,6-7H2,1H3. The van der Waals surface area contributed by atoms with E-state index in [9.17, 15) is 4.79 Å². The highest BCUT2D eigenvalue weighted by Crippen LogP contribution is 2.18. The first-order valence-electron chi connectivity index (χ1n) is 4.77. The first kappa shape index (κ1) is 10.2. The van der Waals surface area contributed by atoms with Crippen molar-refractivity contribution in [1.82, 2.24) is 9.78 Å². The van der Waals surface area contributed by atoms with Gasteiger partial charge in [0.25, 0.3) is 0 Å². The zero-order chi connectivity index (χ0) is 10.8. The molecule has 0 aliphatic heterocycles. The van der Waals surface area contributed by atoms with Gasteiger partial charge in [-0.15, -0.1) is 11.6 Å². The Bertz CT molecular complexity index is 504. The lowest BCUT2D eigenvalue weighted by atomic mass is 10.2. The lowest BCUT2D eigenvalue weighted by Crippen LogP contribution is -2.07. The summed E-state index contributed by atoms with van der Waals surface area (Å²) in [6.45, 7) is 1.50. The minimum absolute atomic E-state index is 0.0768. The van der Waals surface area contributed by atoms with Gasteiger partial charge in [0.1, 0.15) is 0 Å². The van der Waals surface area contributed by atoms with Crippen LogP contribution < -0.4 is 0 Å². The van der Waals surface area contributed by atoms with Crippen molar-refractivity contribution < 1.29 is 4.79 Å². The number of para-hydroxylation sites is 1. The highest BCUT2D eigenvalue weighted by atomic mass is 35.5. The maximum atomic E-state index is 11.3. The minimum Gasteiger partial charge on any atom is -0.273 e. The molecule has 0 aliphatic carbocycles. The molecule has 2 aromatic rings. The SMILES string of the molecule is CC(=O)n1nc(CCCl)c2ccccc21. The number of aromatic nitrogens is 2. The van der Waals surface area contributed by atoms with Gasteiger partial charge in [-0.3, -0.25) is 4.79 Å². The number of hydrogen-bond acceptors (Lipinski definition) is 2. The molecule has 1 aromatic carbocycles. The van der Waals surface area contributed by atoms with Gasteiger partial charge >= 0.3 is 0 Å². The number of benzene rings is 1. The number of alkyl halides is 1. The molecule has 2 rings (SSSR count). The number of hydrogen-bond donors (Lipinski definition) is 0. The normalized spacial score (nSPS) is 10.8. The molecule has 0 saturated heterocycles. The summed E-state index contributed by atoms with van der Waals surface area (Å²) < 4.78 is 1.43. The number of carbonyl (C=O) groups excluding carboxylic acids is 1. The van der Waals surface area contributed by atoms with Gasteiger partial charge in [-0.2, -0.15) is 5.10 Å². The highest BCUT2D eigenvalue weighted by Gasteiger charge is 2.11. The van der Waals surface area contributed by atoms with Gasteiger partial charge in [0.05, 0.1) is 11.2 Å². The molecule has 0 aliphatic rings. The van der Waals surface area contributed by atoms with Crippen molar-refractivity contribution in [2.24, 2.45) is 0 Å². The second-order valence-corrected chi connectivity index (χ2v) is 3.71. The van der Waals surface area contributed by atoms with Gasteiger partial charge in [0.15, 0.2) is 0 Å². The molecule has 0 radical (unpaired) electrons. The Hall–Kier alpha value is -1.35. The van der Waals surface area contributed by atoms with Crippen LogP contribution in [-0.4, -0.2) is 21.6 Å². The molecule has 78 valence electrons. The molecule has 0 bridgehead atoms. The third-order valence-corrected chi connectivity index (χ3v) is 2.48. The third-order valence-electron chi connectivity index (χ3n) is 2.29. The van der Waals surface area contributed by atoms with Crippen LogP contribution in [-0.2, 0) is 6.42 Å². The maximum absolute atomic E-state index is 11.3. The van der Waals surface area contributed by atoms with Crippen molar-refractivity contribution in [2.75, 3.05) is 5.88 Å². The van der Waals surface area contributed by atoms with Crippen LogP contribution in [0.4, 0.5) is 0 Å². The van der Waals surface area contributed by atoms with Crippen molar-refractivity contribution in [3.05, 3.63) is 30.0 Å². The van der Waals surface area contributed by atoms with Crippen molar-refractivity contribution >= 4 is 28.4 Å². The second kappa shape index (κ2) is 4.03. The van der Waals surface area contributed by atoms with Crippen molar-refractivity contribution in [1.29, 1.82) is 0 Å². The van der Waals surface area contributed by atoms with Crippen LogP contribution in [0.15, 0.2) is 24.3 Å². The van der Waals surface area contributed by atoms with Crippen molar-refractivity contribution in [3.8, 4) is 0 Å². The second-order valence-electron chi connectivity index (χ2n) is 3.33. The van der Waals surface area contributed by atoms with Crippen LogP contribution in [0.1, 0.15) is 17.4 Å². The molecule has 0 fully saturated rings. The smallest absolute Gasteiger partial charge is 0.244 e. The van der Waals surface area contributed by atoms with E-state index in [1.807, 2.05) is 24.3 Å². The topological polar surface area (TPSA) is 34.9 Å². The Kier molecular flexibility index (Phi) is 2.73. The van der Waals surface area contributed by atoms with E-state index in [-0.39, 0.29) is 5.91 Å². The molecule has 3 nitrogen and oxygen atoms in total. The summed E-state index contributed by atoms with van der Waals surface area (Å²) in [5, 5.41) is 5.27. The fourth-order valence-electron chi connectivity index (χ4n) is 1.65. The molecule has 0 N–H and O–H groups in total. The van der Waals surface area contributed by atoms with Crippen LogP contribution >= 0.6 is 11.6 Å². The quantitative estimate of drug-likeness (QED) is 0.732. The Morgan fingerprint density at radius 2 is 2.20 bits per heavy atom. The van der Waals surface area contributed by atoms with Gasteiger partial charge in [-0.05, 0) is 6.07 Å². The Balaban J connectivity index is 2.67. The molecule has 0 spiro atoms. The van der Waals surface area contributed by atoms with E-state index in [1.54, 1.807) is 0 Å². The number of nitrogens with zero attached hydrogens (tertiary/aromatic N) is 2. The Morgan fingerprint density at radius 1 is 1.47 bits per heavy atom. The number of carbonyl (C=O) groups is 1. The van der Waals surface area contributed by atoms with Crippen molar-refractivity contribution in [2.45, 2.75) is 13.3 Å². The zero-order valence-electron chi connectivity index (χ0n) is 8.40. The fourth-order valence-corrected chi connectivity index (χ4v) is 1.82. The molecule has 0 unspecified atom stereocenters. The average Bonchev–Trinajstić information content (AvgIpc) is 2.59. The molecular formula is C11H11ClN2O. The lowest BCUT2D eigenvalue weighted by molar-refractivity contribution is 0.0926. The third kappa shape index (κ3) is 1.75. The zero-order valence-corrected chi connectivity index (χ0v) is 9.16. The summed E-state index contributed by atoms with van der Waals surface area (Å²) in [4.78, 5) is 11.3. The van der Waals surface area contributed by atoms with Crippen LogP contribution in [0.25, 0.3) is 10.9 Å². The molecule has 0 atom stereocenters. The predicted octanol–water partition coefficient (Wildman–Crippen LogP) is 2.48. The molecule has 0 saturated carbocycles. The first-order chi connectivity index (χ1) is 7.24. The van der Waals surface area contributed by atoms with E-state index in [1.165, 1.54) is 11.6 Å². The summed E-state index contributed by atoms with van der Waals surface area (Å²) in [7, 11) is 0. The molecule has 4 heteroatoms. The van der Waals surface area contributed by atoms with Gasteiger partial charge in [-0.1, -0.05) is 18.2 Å². The van der Waals surface area contributed by atoms with Crippen LogP contribution in [0.5, 0.6) is 0 Å². The summed E-state index contributed by atoms with van der Waals surface area (Å²) in [5.74, 6) is 0.436. The Morgan fingerprint density at radius 3 is 2.87 bits per heavy atom. The summed E-state index contributed by atoms with van der Waals surface area (Å²) in [6.07, 6.45) is 0.683. The molecule has 0 amide bonds. The van der Waals surface area contributed by atoms with Gasteiger partial charge < -0.3 is 0 Å². The minimum atomic E-state index is -0.0768. The first-order valence-corrected chi connectivity index (χ1v) is 5.31. The molecular weight excluding hydrogens is 212 g/mol. The highest BCUT2D eigenvalue weighted by molar-refractivity contribution is 6.18. The van der Waals surface area contributed by atoms with E-state index in [4.69, 9.17) is 11.6 Å². The monoisotopic (exact) mass is 222 g/mol. The summed E-state index contributed by atoms with van der Waals surface area (Å²) in [5.41, 5.74) is 1.74. The number of fused-ring (bicyclic) bond motifs is 1. The Labute approximate surface area is 92.6 Å². The van der Waals surface area contributed by atoms with Crippen LogP contribution in [0.3, 0.4) is 0 Å². The van der Waals surface area contributed by atoms with Gasteiger partial charge in [0, 0.05) is 24.6 Å². The van der Waals surface area contributed by atoms with E-state index >= 15 is 0 Å². The largest absolute Gasteiger partial charge is 0.273 e. The summed E-state index contributed by atoms with van der Waals surface area (Å²) >= 11 is 5.69. The van der Waals surface area contributed by atoms with E-state index in [0.717, 1.165) is 16.6 Å². The van der Waals surface area contributed by atoms with Crippen LogP contribution in [0.2, 0.25) is 0 Å². The average molecular weight is 223 g/mol. The molecule has 1 heterocycles. The van der Waals surface area contributed by atoms with Crippen LogP contribution in [0, 0.1) is 0 Å². The molecule has 1 aromatic heterocycles. The van der Waals surface area contributed by atoms with E-state index in [0.29, 0.717) is 12.3 Å². The van der Waals surface area contributed by atoms with E-state index < -0.39 is 0 Å². The molecule has 15 heavy (non-hydrogen) atoms.